The van der Waals surface area contributed by atoms with Crippen LogP contribution in [0.2, 0.25) is 0 Å². The summed E-state index contributed by atoms with van der Waals surface area (Å²) >= 11 is 27.1. The largest absolute Gasteiger partial charge is 3.00 e. The molecule has 1 radical (unpaired) electrons. The van der Waals surface area contributed by atoms with Crippen molar-refractivity contribution in [3.05, 3.63) is 38.0 Å². The number of thiocarbonyl (C=S) groups is 3. The smallest absolute Gasteiger partial charge is 0.412 e. The minimum Gasteiger partial charge on any atom is -0.412 e. The predicted octanol–water partition coefficient (Wildman–Crippen LogP) is 1.78. The standard InChI is InChI=1S/3C4H7NS2.Fe/c3*1-2-3-5-4(6)7;/h3*2H,1,3H2,(H2,5,6,7);/q;;;+3/p-3. The summed E-state index contributed by atoms with van der Waals surface area (Å²) < 4.78 is 1.21. The maximum atomic E-state index is 4.52. The van der Waals surface area contributed by atoms with E-state index in [1.807, 2.05) is 0 Å². The summed E-state index contributed by atoms with van der Waals surface area (Å²) in [6.45, 7) is 12.4. The number of hydrogen-bond donors (Lipinski definition) is 3. The van der Waals surface area contributed by atoms with Gasteiger partial charge in [-0.3, -0.25) is 0 Å². The van der Waals surface area contributed by atoms with E-state index in [4.69, 9.17) is 0 Å². The quantitative estimate of drug-likeness (QED) is 0.242. The first-order valence-corrected chi connectivity index (χ1v) is 7.93. The molecule has 0 bridgehead atoms. The van der Waals surface area contributed by atoms with Crippen molar-refractivity contribution in [3.8, 4) is 0 Å². The number of hydrogen-bond acceptors (Lipinski definition) is 6. The fraction of sp³-hybridized carbons (Fsp3) is 0.250. The van der Waals surface area contributed by atoms with Gasteiger partial charge in [-0.2, -0.15) is 0 Å². The Bertz CT molecular complexity index is 297. The molecule has 0 unspecified atom stereocenters. The van der Waals surface area contributed by atoms with Crippen LogP contribution in [-0.4, -0.2) is 32.6 Å². The summed E-state index contributed by atoms with van der Waals surface area (Å²) in [6, 6.07) is 0. The normalized spacial score (nSPS) is 7.09. The molecule has 0 heterocycles. The molecule has 0 spiro atoms. The molecule has 0 amide bonds. The molecule has 0 aromatic heterocycles. The van der Waals surface area contributed by atoms with Crippen molar-refractivity contribution in [1.29, 1.82) is 0 Å². The summed E-state index contributed by atoms with van der Waals surface area (Å²) in [7, 11) is 0. The SMILES string of the molecule is C=CCNC(=S)[S-].C=CCNC(=S)[S-].C=CCNC(=S)[S-].[Fe+3]. The second-order valence-corrected chi connectivity index (χ2v) is 6.10. The first kappa shape index (κ1) is 30.0. The molecule has 3 N–H and O–H groups in total. The van der Waals surface area contributed by atoms with Crippen LogP contribution in [0.15, 0.2) is 38.0 Å². The van der Waals surface area contributed by atoms with Crippen LogP contribution in [0.5, 0.6) is 0 Å². The monoisotopic (exact) mass is 452 g/mol. The van der Waals surface area contributed by atoms with E-state index in [2.05, 4.69) is 110 Å². The minimum absolute atomic E-state index is 0. The number of rotatable bonds is 6. The Balaban J connectivity index is -0.000000108. The van der Waals surface area contributed by atoms with Gasteiger partial charge in [-0.25, -0.2) is 0 Å². The Labute approximate surface area is 176 Å². The van der Waals surface area contributed by atoms with Crippen LogP contribution in [-0.2, 0) is 55.0 Å². The maximum Gasteiger partial charge on any atom is 3.00 e. The summed E-state index contributed by atoms with van der Waals surface area (Å²) in [6.07, 6.45) is 5.12. The van der Waals surface area contributed by atoms with Gasteiger partial charge in [-0.15, -0.1) is 19.7 Å². The molecule has 0 aliphatic heterocycles. The van der Waals surface area contributed by atoms with Gasteiger partial charge in [-0.1, -0.05) is 31.2 Å². The Hall–Kier alpha value is 0.0695. The van der Waals surface area contributed by atoms with Gasteiger partial charge >= 0.3 is 17.1 Å². The Morgan fingerprint density at radius 1 is 0.682 bits per heavy atom. The molecule has 0 aromatic rings. The van der Waals surface area contributed by atoms with Gasteiger partial charge in [0.05, 0.1) is 0 Å². The van der Waals surface area contributed by atoms with Crippen LogP contribution < -0.4 is 16.0 Å². The van der Waals surface area contributed by atoms with Crippen LogP contribution in [0.25, 0.3) is 0 Å². The van der Waals surface area contributed by atoms with Gasteiger partial charge in [-0.05, 0) is 0 Å². The molecule has 10 heteroatoms. The fourth-order valence-corrected chi connectivity index (χ4v) is 0.967. The van der Waals surface area contributed by atoms with Crippen molar-refractivity contribution in [2.45, 2.75) is 0 Å². The summed E-state index contributed by atoms with van der Waals surface area (Å²) in [5.74, 6) is 0. The van der Waals surface area contributed by atoms with Gasteiger partial charge < -0.3 is 90.5 Å². The van der Waals surface area contributed by atoms with Gasteiger partial charge in [0.25, 0.3) is 0 Å². The van der Waals surface area contributed by atoms with Crippen molar-refractivity contribution >= 4 is 87.5 Å². The topological polar surface area (TPSA) is 36.1 Å². The molecule has 0 fully saturated rings. The van der Waals surface area contributed by atoms with Gasteiger partial charge in [0.15, 0.2) is 0 Å². The van der Waals surface area contributed by atoms with Crippen molar-refractivity contribution < 1.29 is 17.1 Å². The second kappa shape index (κ2) is 26.0. The molecule has 3 nitrogen and oxygen atoms in total. The molecule has 0 atom stereocenters. The van der Waals surface area contributed by atoms with Crippen LogP contribution in [0, 0.1) is 0 Å². The third-order valence-corrected chi connectivity index (χ3v) is 2.04. The fourth-order valence-electron chi connectivity index (χ4n) is 0.467. The van der Waals surface area contributed by atoms with E-state index in [9.17, 15) is 0 Å². The maximum absolute atomic E-state index is 4.52. The third kappa shape index (κ3) is 50.1. The van der Waals surface area contributed by atoms with Crippen LogP contribution >= 0.6 is 36.7 Å². The van der Waals surface area contributed by atoms with E-state index >= 15 is 0 Å². The summed E-state index contributed by atoms with van der Waals surface area (Å²) in [5, 5.41) is 8.17. The zero-order chi connectivity index (χ0) is 17.1. The van der Waals surface area contributed by atoms with Gasteiger partial charge in [0.2, 0.25) is 0 Å². The summed E-state index contributed by atoms with van der Waals surface area (Å²) in [5.41, 5.74) is 0. The Morgan fingerprint density at radius 2 is 0.864 bits per heavy atom. The molecule has 0 saturated heterocycles. The van der Waals surface area contributed by atoms with Gasteiger partial charge in [0.1, 0.15) is 0 Å². The molecule has 22 heavy (non-hydrogen) atoms. The molecule has 0 saturated carbocycles. The summed E-state index contributed by atoms with van der Waals surface area (Å²) in [4.78, 5) is 0. The van der Waals surface area contributed by atoms with Gasteiger partial charge in [0, 0.05) is 19.6 Å². The second-order valence-electron chi connectivity index (χ2n) is 2.87. The van der Waals surface area contributed by atoms with Crippen LogP contribution in [0.4, 0.5) is 0 Å². The van der Waals surface area contributed by atoms with E-state index in [-0.39, 0.29) is 17.1 Å². The minimum atomic E-state index is 0. The molecule has 0 rings (SSSR count). The van der Waals surface area contributed by atoms with Crippen molar-refractivity contribution in [2.75, 3.05) is 19.6 Å². The third-order valence-electron chi connectivity index (χ3n) is 1.17. The average molecular weight is 453 g/mol. The molecule has 0 aliphatic rings. The molecular weight excluding hydrogens is 434 g/mol. The van der Waals surface area contributed by atoms with Crippen LogP contribution in [0.1, 0.15) is 0 Å². The van der Waals surface area contributed by atoms with E-state index in [1.165, 1.54) is 0 Å². The van der Waals surface area contributed by atoms with Crippen LogP contribution in [0.3, 0.4) is 0 Å². The van der Waals surface area contributed by atoms with E-state index in [1.54, 1.807) is 18.2 Å². The number of nitrogens with one attached hydrogen (secondary N) is 3. The van der Waals surface area contributed by atoms with E-state index in [0.29, 0.717) is 32.6 Å². The van der Waals surface area contributed by atoms with E-state index in [0.717, 1.165) is 0 Å². The zero-order valence-electron chi connectivity index (χ0n) is 11.8. The van der Waals surface area contributed by atoms with Crippen molar-refractivity contribution in [3.63, 3.8) is 0 Å². The first-order chi connectivity index (χ1) is 9.81. The zero-order valence-corrected chi connectivity index (χ0v) is 17.8. The Kier molecular flexibility index (Phi) is 35.5. The van der Waals surface area contributed by atoms with Crippen molar-refractivity contribution in [1.82, 2.24) is 16.0 Å². The molecular formula is C12H18FeN3S6. The molecule has 0 aliphatic carbocycles. The first-order valence-electron chi connectivity index (χ1n) is 5.48. The predicted molar refractivity (Wildman–Crippen MR) is 114 cm³/mol. The Morgan fingerprint density at radius 3 is 0.909 bits per heavy atom. The molecule has 0 aromatic carbocycles. The molecule has 125 valence electrons. The average Bonchev–Trinajstić information content (AvgIpc) is 2.41. The van der Waals surface area contributed by atoms with Crippen molar-refractivity contribution in [2.24, 2.45) is 0 Å². The van der Waals surface area contributed by atoms with E-state index < -0.39 is 0 Å².